The molecule has 1 atom stereocenters. The maximum absolute atomic E-state index is 12.9. The van der Waals surface area contributed by atoms with Gasteiger partial charge in [-0.3, -0.25) is 9.59 Å². The highest BCUT2D eigenvalue weighted by molar-refractivity contribution is 7.99. The van der Waals surface area contributed by atoms with Gasteiger partial charge in [0.25, 0.3) is 5.91 Å². The van der Waals surface area contributed by atoms with Crippen LogP contribution in [0.15, 0.2) is 47.6 Å². The van der Waals surface area contributed by atoms with Crippen molar-refractivity contribution in [3.63, 3.8) is 0 Å². The van der Waals surface area contributed by atoms with Crippen LogP contribution in [-0.4, -0.2) is 44.9 Å². The molecular weight excluding hydrogens is 549 g/mol. The van der Waals surface area contributed by atoms with Crippen molar-refractivity contribution in [3.8, 4) is 0 Å². The molecule has 2 N–H and O–H groups in total. The van der Waals surface area contributed by atoms with E-state index in [-0.39, 0.29) is 23.5 Å². The molecule has 1 aromatic heterocycles. The van der Waals surface area contributed by atoms with Crippen molar-refractivity contribution >= 4 is 58.4 Å². The zero-order valence-electron chi connectivity index (χ0n) is 21.5. The number of nitrogens with one attached hydrogen (secondary N) is 2. The van der Waals surface area contributed by atoms with Gasteiger partial charge in [0, 0.05) is 18.3 Å². The number of carbonyl (C=O) groups is 3. The van der Waals surface area contributed by atoms with Gasteiger partial charge < -0.3 is 19.9 Å². The molecule has 0 saturated carbocycles. The van der Waals surface area contributed by atoms with Crippen molar-refractivity contribution in [2.24, 2.45) is 13.0 Å². The first-order valence-electron chi connectivity index (χ1n) is 12.0. The SMILES string of the molecule is CCCOC(=O)c1cccc(NC(=O)CSc2nnc([C@@H](NC(=O)c3ccc(Cl)c(Cl)c3)C(C)C)n2C)c1. The third kappa shape index (κ3) is 7.72. The van der Waals surface area contributed by atoms with Crippen LogP contribution in [0.2, 0.25) is 10.0 Å². The first kappa shape index (κ1) is 29.5. The largest absolute Gasteiger partial charge is 0.462 e. The fraction of sp³-hybridized carbons (Fsp3) is 0.346. The van der Waals surface area contributed by atoms with Gasteiger partial charge in [0.2, 0.25) is 5.91 Å². The highest BCUT2D eigenvalue weighted by Gasteiger charge is 2.25. The van der Waals surface area contributed by atoms with Crippen LogP contribution in [0.25, 0.3) is 0 Å². The smallest absolute Gasteiger partial charge is 0.338 e. The summed E-state index contributed by atoms with van der Waals surface area (Å²) in [5.41, 5.74) is 1.23. The van der Waals surface area contributed by atoms with Gasteiger partial charge >= 0.3 is 5.97 Å². The highest BCUT2D eigenvalue weighted by Crippen LogP contribution is 2.26. The number of rotatable bonds is 11. The lowest BCUT2D eigenvalue weighted by atomic mass is 10.0. The summed E-state index contributed by atoms with van der Waals surface area (Å²) in [6.07, 6.45) is 0.727. The fourth-order valence-corrected chi connectivity index (χ4v) is 4.46. The minimum absolute atomic E-state index is 0.00191. The standard InChI is InChI=1S/C26H29Cl2N5O4S/c1-5-11-37-25(36)17-7-6-8-18(12-17)29-21(34)14-38-26-32-31-23(33(26)4)22(15(2)3)30-24(35)16-9-10-19(27)20(28)13-16/h6-10,12-13,15,22H,5,11,14H2,1-4H3,(H,29,34)(H,30,35)/t22-/m0/s1. The van der Waals surface area contributed by atoms with E-state index < -0.39 is 12.0 Å². The number of ether oxygens (including phenoxy) is 1. The highest BCUT2D eigenvalue weighted by atomic mass is 35.5. The van der Waals surface area contributed by atoms with Gasteiger partial charge in [-0.2, -0.15) is 0 Å². The van der Waals surface area contributed by atoms with E-state index in [1.165, 1.54) is 17.8 Å². The lowest BCUT2D eigenvalue weighted by Gasteiger charge is -2.22. The lowest BCUT2D eigenvalue weighted by Crippen LogP contribution is -2.33. The van der Waals surface area contributed by atoms with Crippen molar-refractivity contribution in [2.75, 3.05) is 17.7 Å². The zero-order chi connectivity index (χ0) is 27.8. The molecule has 3 aromatic rings. The Bertz CT molecular complexity index is 1310. The number of amides is 2. The van der Waals surface area contributed by atoms with E-state index in [1.807, 2.05) is 20.8 Å². The van der Waals surface area contributed by atoms with E-state index >= 15 is 0 Å². The number of esters is 1. The van der Waals surface area contributed by atoms with Crippen molar-refractivity contribution in [1.29, 1.82) is 0 Å². The number of aromatic nitrogens is 3. The average molecular weight is 579 g/mol. The van der Waals surface area contributed by atoms with E-state index in [1.54, 1.807) is 48.0 Å². The second-order valence-corrected chi connectivity index (χ2v) is 10.5. The van der Waals surface area contributed by atoms with Crippen LogP contribution in [0.3, 0.4) is 0 Å². The molecule has 9 nitrogen and oxygen atoms in total. The Morgan fingerprint density at radius 1 is 1.05 bits per heavy atom. The molecule has 202 valence electrons. The molecule has 0 spiro atoms. The number of thioether (sulfide) groups is 1. The molecule has 0 bridgehead atoms. The minimum atomic E-state index is -0.437. The predicted octanol–water partition coefficient (Wildman–Crippen LogP) is 5.55. The molecule has 0 fully saturated rings. The molecule has 12 heteroatoms. The van der Waals surface area contributed by atoms with Crippen LogP contribution in [0, 0.1) is 5.92 Å². The molecule has 0 aliphatic rings. The van der Waals surface area contributed by atoms with Gasteiger partial charge in [-0.05, 0) is 48.7 Å². The van der Waals surface area contributed by atoms with Gasteiger partial charge in [-0.25, -0.2) is 4.79 Å². The van der Waals surface area contributed by atoms with E-state index in [9.17, 15) is 14.4 Å². The molecule has 0 aliphatic heterocycles. The Morgan fingerprint density at radius 2 is 1.82 bits per heavy atom. The Labute approximate surface area is 235 Å². The third-order valence-electron chi connectivity index (χ3n) is 5.43. The molecule has 1 heterocycles. The molecule has 0 radical (unpaired) electrons. The number of halogens is 2. The summed E-state index contributed by atoms with van der Waals surface area (Å²) in [5.74, 6) is -0.406. The average Bonchev–Trinajstić information content (AvgIpc) is 3.25. The van der Waals surface area contributed by atoms with Gasteiger partial charge in [-0.1, -0.05) is 61.8 Å². The van der Waals surface area contributed by atoms with Gasteiger partial charge in [0.1, 0.15) is 0 Å². The number of carbonyl (C=O) groups excluding carboxylic acids is 3. The second kappa shape index (κ2) is 13.6. The van der Waals surface area contributed by atoms with E-state index in [0.29, 0.717) is 44.4 Å². The first-order chi connectivity index (χ1) is 18.1. The predicted molar refractivity (Wildman–Crippen MR) is 149 cm³/mol. The van der Waals surface area contributed by atoms with Gasteiger partial charge in [0.15, 0.2) is 11.0 Å². The maximum atomic E-state index is 12.9. The summed E-state index contributed by atoms with van der Waals surface area (Å²) in [6, 6.07) is 10.8. The molecule has 2 aromatic carbocycles. The van der Waals surface area contributed by atoms with Crippen molar-refractivity contribution in [1.82, 2.24) is 20.1 Å². The van der Waals surface area contributed by atoms with Gasteiger partial charge in [0.05, 0.1) is 34.0 Å². The lowest BCUT2D eigenvalue weighted by molar-refractivity contribution is -0.113. The number of nitrogens with zero attached hydrogens (tertiary/aromatic N) is 3. The Hall–Kier alpha value is -3.08. The molecule has 38 heavy (non-hydrogen) atoms. The van der Waals surface area contributed by atoms with E-state index in [2.05, 4.69) is 20.8 Å². The molecule has 2 amide bonds. The van der Waals surface area contributed by atoms with E-state index in [4.69, 9.17) is 27.9 Å². The molecule has 3 rings (SSSR count). The van der Waals surface area contributed by atoms with Crippen molar-refractivity contribution < 1.29 is 19.1 Å². The normalized spacial score (nSPS) is 11.8. The molecular formula is C26H29Cl2N5O4S. The first-order valence-corrected chi connectivity index (χ1v) is 13.7. The zero-order valence-corrected chi connectivity index (χ0v) is 23.8. The van der Waals surface area contributed by atoms with Crippen LogP contribution < -0.4 is 10.6 Å². The van der Waals surface area contributed by atoms with E-state index in [0.717, 1.165) is 6.42 Å². The molecule has 0 unspecified atom stereocenters. The second-order valence-electron chi connectivity index (χ2n) is 8.78. The van der Waals surface area contributed by atoms with Crippen LogP contribution in [0.1, 0.15) is 59.8 Å². The molecule has 0 saturated heterocycles. The number of benzene rings is 2. The Morgan fingerprint density at radius 3 is 2.50 bits per heavy atom. The third-order valence-corrected chi connectivity index (χ3v) is 7.19. The van der Waals surface area contributed by atoms with Crippen LogP contribution >= 0.6 is 35.0 Å². The summed E-state index contributed by atoms with van der Waals surface area (Å²) < 4.78 is 6.89. The van der Waals surface area contributed by atoms with Gasteiger partial charge in [-0.15, -0.1) is 10.2 Å². The monoisotopic (exact) mass is 577 g/mol. The van der Waals surface area contributed by atoms with Crippen molar-refractivity contribution in [2.45, 2.75) is 38.4 Å². The minimum Gasteiger partial charge on any atom is -0.462 e. The molecule has 0 aliphatic carbocycles. The van der Waals surface area contributed by atoms with Crippen LogP contribution in [0.5, 0.6) is 0 Å². The number of hydrogen-bond donors (Lipinski definition) is 2. The van der Waals surface area contributed by atoms with Crippen LogP contribution in [-0.2, 0) is 16.6 Å². The summed E-state index contributed by atoms with van der Waals surface area (Å²) in [6.45, 7) is 6.17. The maximum Gasteiger partial charge on any atom is 0.338 e. The van der Waals surface area contributed by atoms with Crippen LogP contribution in [0.4, 0.5) is 5.69 Å². The summed E-state index contributed by atoms with van der Waals surface area (Å²) in [4.78, 5) is 37.5. The quantitative estimate of drug-likeness (QED) is 0.227. The number of anilines is 1. The summed E-state index contributed by atoms with van der Waals surface area (Å²) in [7, 11) is 1.78. The topological polar surface area (TPSA) is 115 Å². The Balaban J connectivity index is 1.63. The fourth-order valence-electron chi connectivity index (χ4n) is 3.44. The summed E-state index contributed by atoms with van der Waals surface area (Å²) in [5, 5.41) is 15.4. The Kier molecular flexibility index (Phi) is 10.6. The van der Waals surface area contributed by atoms with Crippen molar-refractivity contribution in [3.05, 3.63) is 69.5 Å². The number of hydrogen-bond acceptors (Lipinski definition) is 7. The summed E-state index contributed by atoms with van der Waals surface area (Å²) >= 11 is 13.2.